The van der Waals surface area contributed by atoms with Gasteiger partial charge < -0.3 is 20.3 Å². The summed E-state index contributed by atoms with van der Waals surface area (Å²) < 4.78 is 5.72. The molecule has 0 aromatic heterocycles. The molecule has 0 saturated carbocycles. The van der Waals surface area contributed by atoms with Crippen LogP contribution in [0.25, 0.3) is 0 Å². The smallest absolute Gasteiger partial charge is 0.319 e. The lowest BCUT2D eigenvalue weighted by Gasteiger charge is -2.29. The minimum absolute atomic E-state index is 0.133. The van der Waals surface area contributed by atoms with Crippen molar-refractivity contribution < 1.29 is 9.53 Å². The summed E-state index contributed by atoms with van der Waals surface area (Å²) in [5.41, 5.74) is 3.91. The van der Waals surface area contributed by atoms with E-state index in [0.29, 0.717) is 25.5 Å². The maximum Gasteiger partial charge on any atom is 0.319 e. The van der Waals surface area contributed by atoms with Crippen molar-refractivity contribution in [3.05, 3.63) is 53.6 Å². The van der Waals surface area contributed by atoms with E-state index in [4.69, 9.17) is 4.74 Å². The fourth-order valence-corrected chi connectivity index (χ4v) is 3.42. The highest BCUT2D eigenvalue weighted by Crippen LogP contribution is 2.29. The number of rotatable bonds is 11. The van der Waals surface area contributed by atoms with Crippen molar-refractivity contribution in [3.8, 4) is 11.8 Å². The van der Waals surface area contributed by atoms with Crippen molar-refractivity contribution in [2.75, 3.05) is 23.4 Å². The highest BCUT2D eigenvalue weighted by Gasteiger charge is 2.15. The predicted octanol–water partition coefficient (Wildman–Crippen LogP) is 5.73. The van der Waals surface area contributed by atoms with Gasteiger partial charge in [-0.1, -0.05) is 39.0 Å². The molecule has 6 heteroatoms. The van der Waals surface area contributed by atoms with Gasteiger partial charge in [-0.2, -0.15) is 5.26 Å². The first-order chi connectivity index (χ1) is 15.4. The van der Waals surface area contributed by atoms with Crippen LogP contribution in [0.5, 0.6) is 5.75 Å². The van der Waals surface area contributed by atoms with Gasteiger partial charge in [-0.15, -0.1) is 0 Å². The van der Waals surface area contributed by atoms with Crippen LogP contribution in [-0.4, -0.2) is 25.2 Å². The molecule has 0 aliphatic carbocycles. The fourth-order valence-electron chi connectivity index (χ4n) is 3.42. The van der Waals surface area contributed by atoms with Gasteiger partial charge in [0.25, 0.3) is 0 Å². The van der Waals surface area contributed by atoms with Crippen LogP contribution in [0, 0.1) is 17.2 Å². The van der Waals surface area contributed by atoms with Crippen molar-refractivity contribution in [2.24, 2.45) is 5.92 Å². The molecule has 172 valence electrons. The van der Waals surface area contributed by atoms with Crippen LogP contribution < -0.4 is 20.3 Å². The van der Waals surface area contributed by atoms with Crippen LogP contribution in [-0.2, 0) is 13.0 Å². The first-order valence-corrected chi connectivity index (χ1v) is 11.4. The predicted molar refractivity (Wildman–Crippen MR) is 131 cm³/mol. The number of benzene rings is 2. The molecule has 2 N–H and O–H groups in total. The Balaban J connectivity index is 2.22. The first-order valence-electron chi connectivity index (χ1n) is 11.4. The van der Waals surface area contributed by atoms with Crippen molar-refractivity contribution >= 4 is 17.4 Å². The number of urea groups is 1. The average Bonchev–Trinajstić information content (AvgIpc) is 2.75. The number of carbonyl (C=O) groups excluding carboxylic acids is 1. The first kappa shape index (κ1) is 25.1. The second-order valence-electron chi connectivity index (χ2n) is 8.44. The van der Waals surface area contributed by atoms with E-state index in [2.05, 4.69) is 35.5 Å². The molecular formula is C26H36N4O2. The topological polar surface area (TPSA) is 77.4 Å². The number of hydrogen-bond acceptors (Lipinski definition) is 4. The monoisotopic (exact) mass is 436 g/mol. The maximum absolute atomic E-state index is 12.1. The molecule has 1 unspecified atom stereocenters. The maximum atomic E-state index is 12.1. The van der Waals surface area contributed by atoms with Crippen molar-refractivity contribution in [1.29, 1.82) is 5.26 Å². The summed E-state index contributed by atoms with van der Waals surface area (Å²) in [7, 11) is 0. The second kappa shape index (κ2) is 12.6. The largest absolute Gasteiger partial charge is 0.494 e. The van der Waals surface area contributed by atoms with Gasteiger partial charge in [0.1, 0.15) is 5.75 Å². The third-order valence-electron chi connectivity index (χ3n) is 5.14. The van der Waals surface area contributed by atoms with Crippen molar-refractivity contribution in [3.63, 3.8) is 0 Å². The molecule has 0 saturated heterocycles. The van der Waals surface area contributed by atoms with E-state index >= 15 is 0 Å². The van der Waals surface area contributed by atoms with E-state index in [1.807, 2.05) is 63.2 Å². The molecule has 2 aromatic rings. The zero-order valence-corrected chi connectivity index (χ0v) is 19.9. The summed E-state index contributed by atoms with van der Waals surface area (Å²) in [5, 5.41) is 15.1. The van der Waals surface area contributed by atoms with Crippen LogP contribution in [0.3, 0.4) is 0 Å². The molecule has 0 aliphatic heterocycles. The van der Waals surface area contributed by atoms with Gasteiger partial charge in [-0.25, -0.2) is 4.79 Å². The molecule has 0 bridgehead atoms. The highest BCUT2D eigenvalue weighted by molar-refractivity contribution is 5.89. The molecular weight excluding hydrogens is 400 g/mol. The summed E-state index contributed by atoms with van der Waals surface area (Å²) >= 11 is 0. The number of anilines is 2. The molecule has 0 heterocycles. The van der Waals surface area contributed by atoms with E-state index in [1.54, 1.807) is 0 Å². The molecule has 6 nitrogen and oxygen atoms in total. The zero-order valence-electron chi connectivity index (χ0n) is 19.9. The van der Waals surface area contributed by atoms with Gasteiger partial charge >= 0.3 is 6.03 Å². The number of hydrogen-bond donors (Lipinski definition) is 2. The van der Waals surface area contributed by atoms with E-state index in [1.165, 1.54) is 0 Å². The third-order valence-corrected chi connectivity index (χ3v) is 5.14. The van der Waals surface area contributed by atoms with Crippen LogP contribution in [0.4, 0.5) is 16.2 Å². The summed E-state index contributed by atoms with van der Waals surface area (Å²) in [4.78, 5) is 14.4. The Bertz CT molecular complexity index is 903. The molecule has 0 aliphatic rings. The molecule has 0 radical (unpaired) electrons. The van der Waals surface area contributed by atoms with E-state index in [-0.39, 0.29) is 12.1 Å². The van der Waals surface area contributed by atoms with Crippen LogP contribution in [0.15, 0.2) is 42.5 Å². The molecule has 2 aromatic carbocycles. The molecule has 2 rings (SSSR count). The normalized spacial score (nSPS) is 11.5. The number of nitrogens with zero attached hydrogens (tertiary/aromatic N) is 2. The lowest BCUT2D eigenvalue weighted by atomic mass is 10.1. The number of nitrogens with one attached hydrogen (secondary N) is 2. The minimum atomic E-state index is -0.192. The van der Waals surface area contributed by atoms with E-state index in [9.17, 15) is 10.1 Å². The number of amides is 2. The standard InChI is InChI=1S/C26H36N4O2/c1-6-20(5)28-26(31)29-23-11-8-21(9-12-23)18-30(17-19(3)4)25-16-24(32-7-2)13-10-22(25)14-15-27/h8-13,16,19-20H,6-7,14,17-18H2,1-5H3,(H2,28,29,31). The zero-order chi connectivity index (χ0) is 23.5. The van der Waals surface area contributed by atoms with Gasteiger partial charge in [0.15, 0.2) is 0 Å². The second-order valence-corrected chi connectivity index (χ2v) is 8.44. The summed E-state index contributed by atoms with van der Waals surface area (Å²) in [6.45, 7) is 12.5. The quantitative estimate of drug-likeness (QED) is 0.471. The molecule has 32 heavy (non-hydrogen) atoms. The molecule has 1 atom stereocenters. The van der Waals surface area contributed by atoms with E-state index < -0.39 is 0 Å². The summed E-state index contributed by atoms with van der Waals surface area (Å²) in [6, 6.07) is 16.1. The SMILES string of the molecule is CCOc1ccc(CC#N)c(N(Cc2ccc(NC(=O)NC(C)CC)cc2)CC(C)C)c1. The molecule has 2 amide bonds. The Kier molecular flexibility index (Phi) is 9.87. The average molecular weight is 437 g/mol. The number of ether oxygens (including phenoxy) is 1. The minimum Gasteiger partial charge on any atom is -0.494 e. The van der Waals surface area contributed by atoms with Gasteiger partial charge in [0.05, 0.1) is 19.1 Å². The molecule has 0 spiro atoms. The fraction of sp³-hybridized carbons (Fsp3) is 0.462. The Morgan fingerprint density at radius 2 is 1.84 bits per heavy atom. The summed E-state index contributed by atoms with van der Waals surface area (Å²) in [5.74, 6) is 1.26. The van der Waals surface area contributed by atoms with E-state index in [0.717, 1.165) is 41.2 Å². The Morgan fingerprint density at radius 1 is 1.12 bits per heavy atom. The highest BCUT2D eigenvalue weighted by atomic mass is 16.5. The van der Waals surface area contributed by atoms with Crippen molar-refractivity contribution in [2.45, 2.75) is 60.0 Å². The number of carbonyl (C=O) groups is 1. The van der Waals surface area contributed by atoms with Gasteiger partial charge in [0.2, 0.25) is 0 Å². The Morgan fingerprint density at radius 3 is 2.44 bits per heavy atom. The third kappa shape index (κ3) is 7.81. The van der Waals surface area contributed by atoms with Crippen LogP contribution in [0.1, 0.15) is 52.2 Å². The number of nitriles is 1. The Hall–Kier alpha value is -3.20. The van der Waals surface area contributed by atoms with Gasteiger partial charge in [-0.05, 0) is 55.5 Å². The van der Waals surface area contributed by atoms with Gasteiger partial charge in [0, 0.05) is 36.6 Å². The summed E-state index contributed by atoms with van der Waals surface area (Å²) in [6.07, 6.45) is 1.24. The Labute approximate surface area is 192 Å². The molecule has 0 fully saturated rings. The van der Waals surface area contributed by atoms with Gasteiger partial charge in [-0.3, -0.25) is 0 Å². The van der Waals surface area contributed by atoms with Crippen molar-refractivity contribution in [1.82, 2.24) is 5.32 Å². The van der Waals surface area contributed by atoms with Crippen LogP contribution in [0.2, 0.25) is 0 Å². The van der Waals surface area contributed by atoms with Crippen LogP contribution >= 0.6 is 0 Å². The lowest BCUT2D eigenvalue weighted by Crippen LogP contribution is -2.35. The lowest BCUT2D eigenvalue weighted by molar-refractivity contribution is 0.249.